The molecule has 6 nitrogen and oxygen atoms in total. The number of nitrogens with two attached hydrogens (primary N) is 1. The van der Waals surface area contributed by atoms with E-state index in [1.54, 1.807) is 0 Å². The van der Waals surface area contributed by atoms with E-state index in [2.05, 4.69) is 6.92 Å². The van der Waals surface area contributed by atoms with E-state index < -0.39 is 24.2 Å². The minimum Gasteiger partial charge on any atom is -0.480 e. The van der Waals surface area contributed by atoms with E-state index >= 15 is 0 Å². The number of allylic oxidation sites excluding steroid dienone is 2. The van der Waals surface area contributed by atoms with Crippen molar-refractivity contribution in [3.05, 3.63) is 12.2 Å². The first-order valence-corrected chi connectivity index (χ1v) is 10.4. The molecule has 0 aliphatic carbocycles. The summed E-state index contributed by atoms with van der Waals surface area (Å²) < 4.78 is 0. The normalized spacial score (nSPS) is 15.0. The molecular weight excluding hydrogens is 346 g/mol. The van der Waals surface area contributed by atoms with E-state index in [1.807, 2.05) is 12.2 Å². The van der Waals surface area contributed by atoms with Gasteiger partial charge in [-0.2, -0.15) is 0 Å². The Bertz CT molecular complexity index is 438. The zero-order valence-corrected chi connectivity index (χ0v) is 16.9. The highest BCUT2D eigenvalue weighted by Gasteiger charge is 2.40. The van der Waals surface area contributed by atoms with Crippen molar-refractivity contribution in [3.63, 3.8) is 0 Å². The number of Topliss-reactive ketones (excluding diaryl/α,β-unsaturated/α-hetero) is 1. The Kier molecular flexibility index (Phi) is 15.1. The number of carboxylic acid groups (broad SMARTS) is 1. The molecule has 0 aliphatic heterocycles. The summed E-state index contributed by atoms with van der Waals surface area (Å²) in [5.41, 5.74) is 3.51. The van der Waals surface area contributed by atoms with Crippen LogP contribution in [0.1, 0.15) is 90.4 Å². The van der Waals surface area contributed by atoms with Crippen molar-refractivity contribution in [3.8, 4) is 0 Å². The van der Waals surface area contributed by atoms with Gasteiger partial charge in [-0.1, -0.05) is 51.2 Å². The molecule has 158 valence electrons. The van der Waals surface area contributed by atoms with Crippen LogP contribution in [0.3, 0.4) is 0 Å². The molecule has 0 heterocycles. The lowest BCUT2D eigenvalue weighted by Crippen LogP contribution is -2.60. The number of carbonyl (C=O) groups is 2. The van der Waals surface area contributed by atoms with Gasteiger partial charge in [-0.25, -0.2) is 0 Å². The van der Waals surface area contributed by atoms with Gasteiger partial charge in [-0.05, 0) is 38.5 Å². The maximum absolute atomic E-state index is 11.7. The first-order chi connectivity index (χ1) is 12.9. The number of rotatable bonds is 18. The second-order valence-corrected chi connectivity index (χ2v) is 7.37. The molecule has 0 saturated carbocycles. The number of aliphatic hydroxyl groups is 2. The lowest BCUT2D eigenvalue weighted by Gasteiger charge is -2.27. The maximum Gasteiger partial charge on any atom is 0.328 e. The molecule has 27 heavy (non-hydrogen) atoms. The van der Waals surface area contributed by atoms with Gasteiger partial charge in [-0.3, -0.25) is 9.59 Å². The number of aliphatic carboxylic acids is 1. The van der Waals surface area contributed by atoms with Crippen molar-refractivity contribution < 1.29 is 24.9 Å². The lowest BCUT2D eigenvalue weighted by molar-refractivity contribution is -0.150. The van der Waals surface area contributed by atoms with E-state index in [0.29, 0.717) is 18.6 Å². The van der Waals surface area contributed by atoms with Crippen molar-refractivity contribution in [2.45, 2.75) is 102 Å². The Hall–Kier alpha value is -1.24. The third-order valence-corrected chi connectivity index (χ3v) is 4.91. The molecule has 0 fully saturated rings. The summed E-state index contributed by atoms with van der Waals surface area (Å²) in [6.07, 6.45) is 14.5. The average molecular weight is 386 g/mol. The zero-order chi connectivity index (χ0) is 20.5. The molecule has 0 saturated heterocycles. The molecule has 2 atom stereocenters. The Morgan fingerprint density at radius 1 is 0.963 bits per heavy atom. The number of aliphatic hydroxyl groups excluding tert-OH is 2. The van der Waals surface area contributed by atoms with Crippen molar-refractivity contribution in [1.29, 1.82) is 0 Å². The smallest absolute Gasteiger partial charge is 0.328 e. The van der Waals surface area contributed by atoms with Gasteiger partial charge in [0, 0.05) is 12.8 Å². The number of hydrogen-bond donors (Lipinski definition) is 4. The largest absolute Gasteiger partial charge is 0.480 e. The van der Waals surface area contributed by atoms with Crippen LogP contribution in [0, 0.1) is 0 Å². The highest BCUT2D eigenvalue weighted by atomic mass is 16.4. The lowest BCUT2D eigenvalue weighted by atomic mass is 9.91. The summed E-state index contributed by atoms with van der Waals surface area (Å²) in [5.74, 6) is -1.01. The van der Waals surface area contributed by atoms with E-state index in [1.165, 1.54) is 12.8 Å². The van der Waals surface area contributed by atoms with Crippen molar-refractivity contribution in [1.82, 2.24) is 0 Å². The first kappa shape index (κ1) is 25.8. The van der Waals surface area contributed by atoms with Gasteiger partial charge in [0.15, 0.2) is 5.54 Å². The van der Waals surface area contributed by atoms with Crippen LogP contribution >= 0.6 is 0 Å². The third-order valence-electron chi connectivity index (χ3n) is 4.91. The second kappa shape index (κ2) is 15.8. The topological polar surface area (TPSA) is 121 Å². The van der Waals surface area contributed by atoms with Gasteiger partial charge >= 0.3 is 5.97 Å². The third kappa shape index (κ3) is 12.0. The predicted molar refractivity (Wildman–Crippen MR) is 107 cm³/mol. The van der Waals surface area contributed by atoms with Gasteiger partial charge < -0.3 is 21.1 Å². The number of carboxylic acids is 1. The maximum atomic E-state index is 11.7. The number of ketones is 1. The Morgan fingerprint density at radius 2 is 1.52 bits per heavy atom. The van der Waals surface area contributed by atoms with Crippen LogP contribution in [0.2, 0.25) is 0 Å². The monoisotopic (exact) mass is 385 g/mol. The van der Waals surface area contributed by atoms with Crippen LogP contribution in [-0.2, 0) is 9.59 Å². The molecule has 0 radical (unpaired) electrons. The number of hydrogen-bond acceptors (Lipinski definition) is 5. The summed E-state index contributed by atoms with van der Waals surface area (Å²) >= 11 is 0. The quantitative estimate of drug-likeness (QED) is 0.212. The summed E-state index contributed by atoms with van der Waals surface area (Å²) in [6.45, 7) is 1.37. The highest BCUT2D eigenvalue weighted by molar-refractivity contribution is 5.79. The molecular formula is C21H39NO5. The zero-order valence-electron chi connectivity index (χ0n) is 16.9. The summed E-state index contributed by atoms with van der Waals surface area (Å²) in [7, 11) is 0. The first-order valence-electron chi connectivity index (χ1n) is 10.4. The molecule has 0 aliphatic rings. The molecule has 0 aromatic carbocycles. The Morgan fingerprint density at radius 3 is 2.07 bits per heavy atom. The average Bonchev–Trinajstić information content (AvgIpc) is 2.65. The fourth-order valence-corrected chi connectivity index (χ4v) is 2.87. The van der Waals surface area contributed by atoms with Crippen molar-refractivity contribution >= 4 is 11.8 Å². The van der Waals surface area contributed by atoms with Crippen molar-refractivity contribution in [2.75, 3.05) is 6.61 Å². The summed E-state index contributed by atoms with van der Waals surface area (Å²) in [5, 5.41) is 27.9. The van der Waals surface area contributed by atoms with E-state index in [4.69, 9.17) is 15.9 Å². The number of unbranched alkanes of at least 4 members (excludes halogenated alkanes) is 7. The van der Waals surface area contributed by atoms with Gasteiger partial charge in [0.25, 0.3) is 0 Å². The van der Waals surface area contributed by atoms with E-state index in [9.17, 15) is 14.7 Å². The molecule has 0 unspecified atom stereocenters. The van der Waals surface area contributed by atoms with E-state index in [-0.39, 0.29) is 6.42 Å². The highest BCUT2D eigenvalue weighted by Crippen LogP contribution is 2.14. The molecule has 0 aromatic rings. The molecule has 5 N–H and O–H groups in total. The molecule has 0 aromatic heterocycles. The Labute approximate surface area is 163 Å². The van der Waals surface area contributed by atoms with Crippen LogP contribution in [0.15, 0.2) is 12.2 Å². The standard InChI is InChI=1S/C21H39NO5/c1-2-3-4-11-14-18(24)15-12-9-7-5-6-8-10-13-16-19(25)21(22,17-23)20(26)27/h8,10,19,23,25H,2-7,9,11-17,22H2,1H3,(H,26,27)/b10-8+/t19-,21+/m1/s1. The Balaban J connectivity index is 3.63. The van der Waals surface area contributed by atoms with Gasteiger partial charge in [0.05, 0.1) is 12.7 Å². The van der Waals surface area contributed by atoms with Crippen LogP contribution in [0.5, 0.6) is 0 Å². The minimum absolute atomic E-state index is 0.195. The molecule has 0 bridgehead atoms. The predicted octanol–water partition coefficient (Wildman–Crippen LogP) is 3.34. The van der Waals surface area contributed by atoms with Gasteiger partial charge in [-0.15, -0.1) is 0 Å². The minimum atomic E-state index is -2.00. The second-order valence-electron chi connectivity index (χ2n) is 7.37. The van der Waals surface area contributed by atoms with Crippen LogP contribution < -0.4 is 5.73 Å². The van der Waals surface area contributed by atoms with Gasteiger partial charge in [0.2, 0.25) is 0 Å². The van der Waals surface area contributed by atoms with E-state index in [0.717, 1.165) is 51.4 Å². The molecule has 6 heteroatoms. The van der Waals surface area contributed by atoms with Crippen molar-refractivity contribution in [2.24, 2.45) is 5.73 Å². The molecule has 0 spiro atoms. The SMILES string of the molecule is CCCCCCC(=O)CCCCCC/C=C/CC[C@@H](O)[C@@](N)(CO)C(=O)O. The van der Waals surface area contributed by atoms with Crippen LogP contribution in [0.4, 0.5) is 0 Å². The number of carbonyl (C=O) groups excluding carboxylic acids is 1. The molecule has 0 rings (SSSR count). The van der Waals surface area contributed by atoms with Crippen LogP contribution in [0.25, 0.3) is 0 Å². The molecule has 0 amide bonds. The fourth-order valence-electron chi connectivity index (χ4n) is 2.87. The van der Waals surface area contributed by atoms with Crippen LogP contribution in [-0.4, -0.2) is 45.3 Å². The van der Waals surface area contributed by atoms with Gasteiger partial charge in [0.1, 0.15) is 5.78 Å². The summed E-state index contributed by atoms with van der Waals surface area (Å²) in [4.78, 5) is 22.7. The fraction of sp³-hybridized carbons (Fsp3) is 0.810. The summed E-state index contributed by atoms with van der Waals surface area (Å²) in [6, 6.07) is 0.